The summed E-state index contributed by atoms with van der Waals surface area (Å²) in [5.74, 6) is 1.71. The largest absolute Gasteiger partial charge is 0.478 e. The predicted octanol–water partition coefficient (Wildman–Crippen LogP) is 6.41. The molecule has 38 heavy (non-hydrogen) atoms. The zero-order valence-corrected chi connectivity index (χ0v) is 22.0. The number of aryl methyl sites for hydroxylation is 1. The molecule has 2 bridgehead atoms. The zero-order valence-electron chi connectivity index (χ0n) is 21.2. The molecule has 2 aromatic carbocycles. The first kappa shape index (κ1) is 22.7. The quantitative estimate of drug-likeness (QED) is 0.297. The molecule has 8 rings (SSSR count). The van der Waals surface area contributed by atoms with Crippen LogP contribution in [-0.2, 0) is 11.3 Å². The maximum absolute atomic E-state index is 11.4. The monoisotopic (exact) mass is 527 g/mol. The Kier molecular flexibility index (Phi) is 5.01. The highest BCUT2D eigenvalue weighted by atomic mass is 32.1. The Morgan fingerprint density at radius 1 is 1.18 bits per heavy atom. The summed E-state index contributed by atoms with van der Waals surface area (Å²) in [5.41, 5.74) is 5.59. The van der Waals surface area contributed by atoms with Gasteiger partial charge in [-0.3, -0.25) is 0 Å². The van der Waals surface area contributed by atoms with Gasteiger partial charge in [0.25, 0.3) is 0 Å². The van der Waals surface area contributed by atoms with Crippen molar-refractivity contribution < 1.29 is 19.2 Å². The van der Waals surface area contributed by atoms with E-state index in [4.69, 9.17) is 14.2 Å². The van der Waals surface area contributed by atoms with Crippen LogP contribution in [0.2, 0.25) is 0 Å². The molecular weight excluding hydrogens is 498 g/mol. The molecule has 4 aliphatic rings. The lowest BCUT2D eigenvalue weighted by Crippen LogP contribution is -2.41. The topological polar surface area (TPSA) is 88.7 Å². The second-order valence-corrected chi connectivity index (χ2v) is 12.4. The van der Waals surface area contributed by atoms with Crippen molar-refractivity contribution in [1.82, 2.24) is 10.1 Å². The second-order valence-electron chi connectivity index (χ2n) is 11.4. The van der Waals surface area contributed by atoms with Crippen molar-refractivity contribution in [2.45, 2.75) is 69.7 Å². The molecule has 7 nitrogen and oxygen atoms in total. The number of hydrogen-bond donors (Lipinski definition) is 1. The summed E-state index contributed by atoms with van der Waals surface area (Å²) in [4.78, 5) is 18.9. The number of carbonyl (C=O) groups is 1. The molecule has 4 aromatic rings. The number of ether oxygens (including phenoxy) is 1. The number of aromatic nitrogens is 2. The highest BCUT2D eigenvalue weighted by Gasteiger charge is 2.63. The molecule has 4 heterocycles. The summed E-state index contributed by atoms with van der Waals surface area (Å²) in [7, 11) is 0. The van der Waals surface area contributed by atoms with Crippen LogP contribution in [0.15, 0.2) is 47.0 Å². The van der Waals surface area contributed by atoms with Crippen LogP contribution in [0.5, 0.6) is 0 Å². The molecule has 0 radical (unpaired) electrons. The van der Waals surface area contributed by atoms with Crippen LogP contribution in [0.25, 0.3) is 21.5 Å². The summed E-state index contributed by atoms with van der Waals surface area (Å²) >= 11 is 1.62. The fourth-order valence-electron chi connectivity index (χ4n) is 7.04. The van der Waals surface area contributed by atoms with Crippen molar-refractivity contribution in [3.05, 3.63) is 64.9 Å². The molecule has 5 atom stereocenters. The van der Waals surface area contributed by atoms with Gasteiger partial charge in [0.1, 0.15) is 11.5 Å². The highest BCUT2D eigenvalue weighted by molar-refractivity contribution is 7.22. The number of thiazole rings is 1. The zero-order chi connectivity index (χ0) is 25.5. The lowest BCUT2D eigenvalue weighted by atomic mass is 10.0. The molecule has 0 amide bonds. The van der Waals surface area contributed by atoms with E-state index >= 15 is 0 Å². The van der Waals surface area contributed by atoms with Gasteiger partial charge in [-0.05, 0) is 68.7 Å². The van der Waals surface area contributed by atoms with Crippen LogP contribution in [0.3, 0.4) is 0 Å². The molecule has 2 aromatic heterocycles. The van der Waals surface area contributed by atoms with E-state index in [1.807, 2.05) is 6.07 Å². The Morgan fingerprint density at radius 3 is 2.87 bits per heavy atom. The third-order valence-electron chi connectivity index (χ3n) is 9.12. The Bertz CT molecular complexity index is 1570. The summed E-state index contributed by atoms with van der Waals surface area (Å²) < 4.78 is 13.5. The third-order valence-corrected chi connectivity index (χ3v) is 10.2. The van der Waals surface area contributed by atoms with E-state index in [0.717, 1.165) is 50.8 Å². The number of nitrogens with zero attached hydrogens (tertiary/aromatic N) is 3. The number of rotatable bonds is 7. The van der Waals surface area contributed by atoms with Crippen molar-refractivity contribution >= 4 is 32.7 Å². The number of anilines is 1. The average molecular weight is 528 g/mol. The van der Waals surface area contributed by atoms with Crippen LogP contribution in [-0.4, -0.2) is 39.4 Å². The van der Waals surface area contributed by atoms with Crippen molar-refractivity contribution in [2.75, 3.05) is 4.90 Å². The fourth-order valence-corrected chi connectivity index (χ4v) is 8.18. The normalized spacial score (nSPS) is 27.6. The first-order chi connectivity index (χ1) is 18.6. The summed E-state index contributed by atoms with van der Waals surface area (Å²) in [6, 6.07) is 14.5. The van der Waals surface area contributed by atoms with Gasteiger partial charge in [0.05, 0.1) is 28.5 Å². The number of hydrogen-bond acceptors (Lipinski definition) is 7. The first-order valence-corrected chi connectivity index (χ1v) is 14.5. The lowest BCUT2D eigenvalue weighted by molar-refractivity contribution is 0.0697. The predicted molar refractivity (Wildman–Crippen MR) is 145 cm³/mol. The molecule has 8 heteroatoms. The maximum atomic E-state index is 11.4. The van der Waals surface area contributed by atoms with Gasteiger partial charge in [-0.25, -0.2) is 9.78 Å². The van der Waals surface area contributed by atoms with Gasteiger partial charge in [0, 0.05) is 35.0 Å². The SMILES string of the molecule is Cc1ccccc1-c1noc(C2CC2)c1CO[C@H]1C2CC3CCC(C21)N3c1nc2ccc(C(=O)O)cc2s1. The van der Waals surface area contributed by atoms with Crippen molar-refractivity contribution in [1.29, 1.82) is 0 Å². The number of carboxylic acid groups (broad SMARTS) is 1. The van der Waals surface area contributed by atoms with Gasteiger partial charge in [-0.1, -0.05) is 40.8 Å². The Hall–Kier alpha value is -3.23. The average Bonchev–Trinajstić information content (AvgIpc) is 3.74. The van der Waals surface area contributed by atoms with Gasteiger partial charge in [0.2, 0.25) is 0 Å². The van der Waals surface area contributed by atoms with Crippen LogP contribution in [0.1, 0.15) is 65.3 Å². The Balaban J connectivity index is 1.03. The van der Waals surface area contributed by atoms with Gasteiger partial charge in [0.15, 0.2) is 5.13 Å². The maximum Gasteiger partial charge on any atom is 0.335 e. The van der Waals surface area contributed by atoms with Crippen molar-refractivity contribution in [2.24, 2.45) is 11.8 Å². The van der Waals surface area contributed by atoms with E-state index in [2.05, 4.69) is 41.2 Å². The number of aromatic carboxylic acids is 1. The summed E-state index contributed by atoms with van der Waals surface area (Å²) in [5, 5.41) is 14.9. The van der Waals surface area contributed by atoms with Crippen LogP contribution in [0, 0.1) is 18.8 Å². The molecule has 2 aliphatic heterocycles. The lowest BCUT2D eigenvalue weighted by Gasteiger charge is -2.33. The van der Waals surface area contributed by atoms with Crippen molar-refractivity contribution in [3.63, 3.8) is 0 Å². The Labute approximate surface area is 224 Å². The molecule has 1 N–H and O–H groups in total. The van der Waals surface area contributed by atoms with Crippen LogP contribution >= 0.6 is 11.3 Å². The van der Waals surface area contributed by atoms with Gasteiger partial charge >= 0.3 is 5.97 Å². The minimum Gasteiger partial charge on any atom is -0.478 e. The molecule has 2 saturated carbocycles. The number of carboxylic acids is 1. The molecule has 2 saturated heterocycles. The summed E-state index contributed by atoms with van der Waals surface area (Å²) in [6.45, 7) is 2.67. The number of fused-ring (bicyclic) bond motifs is 5. The number of piperidine rings is 1. The minimum atomic E-state index is -0.899. The van der Waals surface area contributed by atoms with E-state index in [-0.39, 0.29) is 6.10 Å². The van der Waals surface area contributed by atoms with E-state index in [0.29, 0.717) is 42.0 Å². The second kappa shape index (κ2) is 8.38. The van der Waals surface area contributed by atoms with E-state index in [1.165, 1.54) is 24.8 Å². The molecular formula is C30H29N3O4S. The fraction of sp³-hybridized carbons (Fsp3) is 0.433. The van der Waals surface area contributed by atoms with E-state index in [1.54, 1.807) is 23.5 Å². The first-order valence-electron chi connectivity index (χ1n) is 13.6. The molecule has 2 aliphatic carbocycles. The minimum absolute atomic E-state index is 0.257. The summed E-state index contributed by atoms with van der Waals surface area (Å²) in [6.07, 6.45) is 6.07. The Morgan fingerprint density at radius 2 is 2.05 bits per heavy atom. The standard InChI is InChI=1S/C30H29N3O4S/c1-15-4-2-3-5-19(15)26-21(27(37-32-26)16-6-7-16)14-36-28-20-13-18-9-11-23(25(20)28)33(18)30-31-22-10-8-17(29(34)35)12-24(22)38-30/h2-5,8,10,12,16,18,20,23,25,28H,6-7,9,11,13-14H2,1H3,(H,34,35)/t18?,20?,23?,25?,28-/m0/s1. The van der Waals surface area contributed by atoms with Crippen LogP contribution < -0.4 is 4.90 Å². The van der Waals surface area contributed by atoms with E-state index in [9.17, 15) is 9.90 Å². The third kappa shape index (κ3) is 3.53. The highest BCUT2D eigenvalue weighted by Crippen LogP contribution is 2.59. The molecule has 0 spiro atoms. The van der Waals surface area contributed by atoms with E-state index < -0.39 is 5.97 Å². The molecule has 4 fully saturated rings. The van der Waals surface area contributed by atoms with Crippen molar-refractivity contribution in [3.8, 4) is 11.3 Å². The van der Waals surface area contributed by atoms with Crippen LogP contribution in [0.4, 0.5) is 5.13 Å². The van der Waals surface area contributed by atoms with Gasteiger partial charge < -0.3 is 19.3 Å². The molecule has 194 valence electrons. The number of benzene rings is 2. The van der Waals surface area contributed by atoms with Gasteiger partial charge in [-0.2, -0.15) is 0 Å². The molecule has 4 unspecified atom stereocenters. The van der Waals surface area contributed by atoms with Gasteiger partial charge in [-0.15, -0.1) is 0 Å². The smallest absolute Gasteiger partial charge is 0.335 e.